The minimum atomic E-state index is -0.858. The summed E-state index contributed by atoms with van der Waals surface area (Å²) in [6.07, 6.45) is 5.22. The lowest BCUT2D eigenvalue weighted by Crippen LogP contribution is -2.13. The molecule has 0 bridgehead atoms. The average molecular weight is 444 g/mol. The molecule has 0 spiro atoms. The highest BCUT2D eigenvalue weighted by Crippen LogP contribution is 2.39. The SMILES string of the molecule is O=C(CCCC[C@H]1CCSS1)Oc1ccccc1C(=O)OCCCCO[N+](=O)[O-]. The van der Waals surface area contributed by atoms with Crippen LogP contribution in [0.2, 0.25) is 0 Å². The number of para-hydroxylation sites is 1. The van der Waals surface area contributed by atoms with Crippen molar-refractivity contribution in [3.8, 4) is 5.75 Å². The van der Waals surface area contributed by atoms with Gasteiger partial charge in [0, 0.05) is 17.4 Å². The van der Waals surface area contributed by atoms with Crippen molar-refractivity contribution in [2.75, 3.05) is 19.0 Å². The molecule has 0 radical (unpaired) electrons. The van der Waals surface area contributed by atoms with Gasteiger partial charge in [-0.25, -0.2) is 4.79 Å². The first-order valence-corrected chi connectivity index (χ1v) is 12.0. The predicted molar refractivity (Wildman–Crippen MR) is 111 cm³/mol. The molecule has 2 rings (SSSR count). The highest BCUT2D eigenvalue weighted by Gasteiger charge is 2.18. The third-order valence-corrected chi connectivity index (χ3v) is 7.19. The van der Waals surface area contributed by atoms with Crippen molar-refractivity contribution in [1.82, 2.24) is 0 Å². The minimum Gasteiger partial charge on any atom is -0.462 e. The fourth-order valence-electron chi connectivity index (χ4n) is 2.69. The fraction of sp³-hybridized carbons (Fsp3) is 0.579. The van der Waals surface area contributed by atoms with Crippen LogP contribution in [0.1, 0.15) is 55.3 Å². The Morgan fingerprint density at radius 3 is 2.69 bits per heavy atom. The van der Waals surface area contributed by atoms with Gasteiger partial charge < -0.3 is 14.3 Å². The zero-order chi connectivity index (χ0) is 20.9. The van der Waals surface area contributed by atoms with E-state index in [2.05, 4.69) is 4.84 Å². The quantitative estimate of drug-likeness (QED) is 0.109. The van der Waals surface area contributed by atoms with Gasteiger partial charge in [-0.3, -0.25) is 4.79 Å². The predicted octanol–water partition coefficient (Wildman–Crippen LogP) is 4.45. The first-order chi connectivity index (χ1) is 14.1. The maximum absolute atomic E-state index is 12.2. The molecule has 1 aliphatic heterocycles. The van der Waals surface area contributed by atoms with Gasteiger partial charge in [-0.05, 0) is 44.2 Å². The molecule has 1 atom stereocenters. The van der Waals surface area contributed by atoms with Gasteiger partial charge in [0.1, 0.15) is 11.3 Å². The molecule has 29 heavy (non-hydrogen) atoms. The molecule has 8 nitrogen and oxygen atoms in total. The Kier molecular flexibility index (Phi) is 10.7. The van der Waals surface area contributed by atoms with E-state index >= 15 is 0 Å². The van der Waals surface area contributed by atoms with Gasteiger partial charge in [0.25, 0.3) is 5.09 Å². The third-order valence-electron chi connectivity index (χ3n) is 4.18. The lowest BCUT2D eigenvalue weighted by atomic mass is 10.1. The second-order valence-electron chi connectivity index (χ2n) is 6.44. The Labute approximate surface area is 177 Å². The molecular formula is C19H25NO7S2. The van der Waals surface area contributed by atoms with E-state index in [9.17, 15) is 19.7 Å². The molecule has 1 aromatic rings. The average Bonchev–Trinajstić information content (AvgIpc) is 3.21. The number of rotatable bonds is 13. The van der Waals surface area contributed by atoms with E-state index in [-0.39, 0.29) is 30.5 Å². The van der Waals surface area contributed by atoms with Crippen LogP contribution >= 0.6 is 21.6 Å². The Morgan fingerprint density at radius 1 is 1.14 bits per heavy atom. The number of carbonyl (C=O) groups excluding carboxylic acids is 2. The van der Waals surface area contributed by atoms with Gasteiger partial charge in [-0.15, -0.1) is 10.1 Å². The van der Waals surface area contributed by atoms with Crippen LogP contribution in [0.25, 0.3) is 0 Å². The van der Waals surface area contributed by atoms with Gasteiger partial charge in [0.15, 0.2) is 0 Å². The van der Waals surface area contributed by atoms with Gasteiger partial charge in [-0.2, -0.15) is 0 Å². The van der Waals surface area contributed by atoms with Crippen molar-refractivity contribution in [2.24, 2.45) is 0 Å². The second kappa shape index (κ2) is 13.3. The number of esters is 2. The van der Waals surface area contributed by atoms with E-state index in [1.54, 1.807) is 18.2 Å². The Balaban J connectivity index is 1.70. The van der Waals surface area contributed by atoms with Crippen molar-refractivity contribution in [3.63, 3.8) is 0 Å². The van der Waals surface area contributed by atoms with Crippen molar-refractivity contribution in [1.29, 1.82) is 0 Å². The lowest BCUT2D eigenvalue weighted by Gasteiger charge is -2.10. The van der Waals surface area contributed by atoms with E-state index < -0.39 is 11.1 Å². The molecule has 1 fully saturated rings. The van der Waals surface area contributed by atoms with Gasteiger partial charge in [0.05, 0.1) is 13.2 Å². The van der Waals surface area contributed by atoms with E-state index in [0.717, 1.165) is 19.3 Å². The van der Waals surface area contributed by atoms with E-state index in [0.29, 0.717) is 24.5 Å². The molecule has 0 N–H and O–H groups in total. The van der Waals surface area contributed by atoms with E-state index in [4.69, 9.17) is 9.47 Å². The third kappa shape index (κ3) is 9.40. The van der Waals surface area contributed by atoms with Crippen molar-refractivity contribution >= 4 is 33.5 Å². The number of benzene rings is 1. The number of carbonyl (C=O) groups is 2. The summed E-state index contributed by atoms with van der Waals surface area (Å²) >= 11 is 0. The molecule has 160 valence electrons. The van der Waals surface area contributed by atoms with Crippen LogP contribution in [0.15, 0.2) is 24.3 Å². The first kappa shape index (κ1) is 23.3. The topological polar surface area (TPSA) is 105 Å². The summed E-state index contributed by atoms with van der Waals surface area (Å²) in [6, 6.07) is 6.45. The first-order valence-electron chi connectivity index (χ1n) is 9.58. The van der Waals surface area contributed by atoms with Crippen LogP contribution in [0.4, 0.5) is 0 Å². The summed E-state index contributed by atoms with van der Waals surface area (Å²) in [5.41, 5.74) is 0.182. The number of hydrogen-bond donors (Lipinski definition) is 0. The van der Waals surface area contributed by atoms with Crippen LogP contribution in [0, 0.1) is 10.1 Å². The van der Waals surface area contributed by atoms with Crippen molar-refractivity contribution < 1.29 is 29.0 Å². The maximum atomic E-state index is 12.2. The molecular weight excluding hydrogens is 418 g/mol. The highest BCUT2D eigenvalue weighted by molar-refractivity contribution is 8.77. The van der Waals surface area contributed by atoms with Crippen molar-refractivity contribution in [2.45, 2.75) is 50.2 Å². The van der Waals surface area contributed by atoms with Crippen molar-refractivity contribution in [3.05, 3.63) is 39.9 Å². The molecule has 0 aromatic heterocycles. The molecule has 1 saturated heterocycles. The normalized spacial score (nSPS) is 15.7. The van der Waals surface area contributed by atoms with Crippen LogP contribution in [-0.4, -0.2) is 41.2 Å². The minimum absolute atomic E-state index is 0.0446. The van der Waals surface area contributed by atoms with Crippen LogP contribution < -0.4 is 4.74 Å². The molecule has 0 unspecified atom stereocenters. The summed E-state index contributed by atoms with van der Waals surface area (Å²) in [5.74, 6) is 0.425. The van der Waals surface area contributed by atoms with E-state index in [1.165, 1.54) is 18.2 Å². The summed E-state index contributed by atoms with van der Waals surface area (Å²) in [7, 11) is 3.84. The van der Waals surface area contributed by atoms with Crippen LogP contribution in [0.3, 0.4) is 0 Å². The molecule has 1 aliphatic rings. The zero-order valence-electron chi connectivity index (χ0n) is 16.1. The lowest BCUT2D eigenvalue weighted by molar-refractivity contribution is -0.757. The molecule has 1 heterocycles. The molecule has 0 amide bonds. The fourth-order valence-corrected chi connectivity index (χ4v) is 5.72. The number of ether oxygens (including phenoxy) is 2. The second-order valence-corrected chi connectivity index (χ2v) is 9.23. The van der Waals surface area contributed by atoms with Gasteiger partial charge in [0.2, 0.25) is 0 Å². The standard InChI is InChI=1S/C19H25NO7S2/c21-18(10-4-1-7-15-11-14-28-29-15)27-17-9-3-2-8-16(17)19(22)25-12-5-6-13-26-20(23)24/h2-3,8-9,15H,1,4-7,10-14H2/t15-/m0/s1. The monoisotopic (exact) mass is 443 g/mol. The molecule has 0 aliphatic carbocycles. The van der Waals surface area contributed by atoms with Crippen LogP contribution in [0.5, 0.6) is 5.75 Å². The maximum Gasteiger partial charge on any atom is 0.341 e. The smallest absolute Gasteiger partial charge is 0.341 e. The summed E-state index contributed by atoms with van der Waals surface area (Å²) in [6.45, 7) is 0.0523. The Hall–Kier alpha value is -1.94. The zero-order valence-corrected chi connectivity index (χ0v) is 17.7. The molecule has 10 heteroatoms. The molecule has 0 saturated carbocycles. The largest absolute Gasteiger partial charge is 0.462 e. The summed E-state index contributed by atoms with van der Waals surface area (Å²) < 4.78 is 10.5. The van der Waals surface area contributed by atoms with E-state index in [1.807, 2.05) is 21.6 Å². The number of nitrogens with zero attached hydrogens (tertiary/aromatic N) is 1. The summed E-state index contributed by atoms with van der Waals surface area (Å²) in [5, 5.41) is 9.88. The summed E-state index contributed by atoms with van der Waals surface area (Å²) in [4.78, 5) is 38.6. The number of hydrogen-bond acceptors (Lipinski definition) is 9. The van der Waals surface area contributed by atoms with Crippen LogP contribution in [-0.2, 0) is 14.4 Å². The van der Waals surface area contributed by atoms with Gasteiger partial charge >= 0.3 is 11.9 Å². The number of unbranched alkanes of at least 4 members (excludes halogenated alkanes) is 2. The van der Waals surface area contributed by atoms with Gasteiger partial charge in [-0.1, -0.05) is 40.1 Å². The Morgan fingerprint density at radius 2 is 1.93 bits per heavy atom. The Bertz CT molecular complexity index is 680. The molecule has 1 aromatic carbocycles. The highest BCUT2D eigenvalue weighted by atomic mass is 33.1.